The summed E-state index contributed by atoms with van der Waals surface area (Å²) in [6.45, 7) is 1.19. The largest absolute Gasteiger partial charge is 0.376 e. The summed E-state index contributed by atoms with van der Waals surface area (Å²) in [5.74, 6) is -0.494. The third-order valence-corrected chi connectivity index (χ3v) is 5.34. The molecule has 1 aromatic rings. The Kier molecular flexibility index (Phi) is 6.23. The van der Waals surface area contributed by atoms with E-state index in [-0.39, 0.29) is 29.9 Å². The number of carbonyl (C=O) groups excluding carboxylic acids is 1. The Balaban J connectivity index is 1.74. The fourth-order valence-electron chi connectivity index (χ4n) is 2.28. The Morgan fingerprint density at radius 3 is 2.68 bits per heavy atom. The van der Waals surface area contributed by atoms with Gasteiger partial charge in [-0.2, -0.15) is 0 Å². The summed E-state index contributed by atoms with van der Waals surface area (Å²) in [5.41, 5.74) is 0.671. The molecule has 1 atom stereocenters. The molecule has 1 aromatic carbocycles. The highest BCUT2D eigenvalue weighted by atomic mass is 35.5. The molecule has 1 N–H and O–H groups in total. The van der Waals surface area contributed by atoms with Gasteiger partial charge in [-0.25, -0.2) is 8.42 Å². The van der Waals surface area contributed by atoms with Gasteiger partial charge in [0.1, 0.15) is 0 Å². The molecule has 1 aliphatic heterocycles. The highest BCUT2D eigenvalue weighted by molar-refractivity contribution is 7.90. The molecule has 1 aliphatic rings. The van der Waals surface area contributed by atoms with Crippen LogP contribution in [0.1, 0.15) is 24.8 Å². The number of hydrogen-bond donors (Lipinski definition) is 1. The van der Waals surface area contributed by atoms with Crippen LogP contribution in [0.5, 0.6) is 0 Å². The van der Waals surface area contributed by atoms with Gasteiger partial charge in [0.2, 0.25) is 5.91 Å². The normalized spacial score (nSPS) is 18.3. The number of sulfone groups is 1. The first-order chi connectivity index (χ1) is 10.4. The van der Waals surface area contributed by atoms with Crippen molar-refractivity contribution < 1.29 is 17.9 Å². The Labute approximate surface area is 135 Å². The second-order valence-electron chi connectivity index (χ2n) is 5.41. The topological polar surface area (TPSA) is 72.5 Å². The number of benzene rings is 1. The average Bonchev–Trinajstić information content (AvgIpc) is 2.99. The van der Waals surface area contributed by atoms with Gasteiger partial charge < -0.3 is 10.1 Å². The summed E-state index contributed by atoms with van der Waals surface area (Å²) >= 11 is 5.76. The van der Waals surface area contributed by atoms with E-state index in [9.17, 15) is 13.2 Å². The van der Waals surface area contributed by atoms with Gasteiger partial charge >= 0.3 is 0 Å². The minimum Gasteiger partial charge on any atom is -0.376 e. The molecule has 5 nitrogen and oxygen atoms in total. The predicted molar refractivity (Wildman–Crippen MR) is 85.5 cm³/mol. The van der Waals surface area contributed by atoms with Crippen LogP contribution >= 0.6 is 11.6 Å². The second kappa shape index (κ2) is 7.94. The van der Waals surface area contributed by atoms with Crippen LogP contribution in [-0.2, 0) is 25.1 Å². The summed E-state index contributed by atoms with van der Waals surface area (Å²) in [5, 5.41) is 3.29. The molecule has 0 aromatic heterocycles. The summed E-state index contributed by atoms with van der Waals surface area (Å²) < 4.78 is 29.4. The summed E-state index contributed by atoms with van der Waals surface area (Å²) in [6, 6.07) is 6.66. The maximum Gasteiger partial charge on any atom is 0.221 e. The van der Waals surface area contributed by atoms with Crippen LogP contribution in [0.25, 0.3) is 0 Å². The highest BCUT2D eigenvalue weighted by Crippen LogP contribution is 2.13. The number of ether oxygens (including phenoxy) is 1. The Bertz CT molecular complexity index is 594. The first-order valence-corrected chi connectivity index (χ1v) is 9.48. The fourth-order valence-corrected chi connectivity index (χ4v) is 3.74. The van der Waals surface area contributed by atoms with Gasteiger partial charge in [0, 0.05) is 24.6 Å². The third kappa shape index (κ3) is 5.94. The number of halogens is 1. The van der Waals surface area contributed by atoms with Gasteiger partial charge in [0.25, 0.3) is 0 Å². The third-order valence-electron chi connectivity index (χ3n) is 3.49. The van der Waals surface area contributed by atoms with Gasteiger partial charge in [0.15, 0.2) is 9.84 Å². The quantitative estimate of drug-likeness (QED) is 0.819. The lowest BCUT2D eigenvalue weighted by atomic mass is 10.2. The SMILES string of the molecule is O=C(CCS(=O)(=O)Cc1ccc(Cl)cc1)NCC1CCCO1. The van der Waals surface area contributed by atoms with Crippen molar-refractivity contribution in [2.24, 2.45) is 0 Å². The number of rotatable bonds is 7. The van der Waals surface area contributed by atoms with Gasteiger partial charge in [0.05, 0.1) is 17.6 Å². The van der Waals surface area contributed by atoms with Gasteiger partial charge in [-0.3, -0.25) is 4.79 Å². The van der Waals surface area contributed by atoms with Crippen LogP contribution in [0, 0.1) is 0 Å². The molecular formula is C15H20ClNO4S. The zero-order chi connectivity index (χ0) is 16.0. The van der Waals surface area contributed by atoms with E-state index in [1.54, 1.807) is 24.3 Å². The van der Waals surface area contributed by atoms with E-state index in [2.05, 4.69) is 5.32 Å². The molecule has 22 heavy (non-hydrogen) atoms. The maximum atomic E-state index is 12.0. The van der Waals surface area contributed by atoms with Crippen molar-refractivity contribution in [3.8, 4) is 0 Å². The molecule has 1 amide bonds. The van der Waals surface area contributed by atoms with Crippen LogP contribution in [-0.4, -0.2) is 39.3 Å². The average molecular weight is 346 g/mol. The first kappa shape index (κ1) is 17.2. The van der Waals surface area contributed by atoms with Crippen molar-refractivity contribution in [2.45, 2.75) is 31.1 Å². The Hall–Kier alpha value is -1.11. The zero-order valence-corrected chi connectivity index (χ0v) is 13.8. The van der Waals surface area contributed by atoms with Crippen molar-refractivity contribution >= 4 is 27.3 Å². The van der Waals surface area contributed by atoms with E-state index in [0.29, 0.717) is 17.1 Å². The molecule has 1 fully saturated rings. The highest BCUT2D eigenvalue weighted by Gasteiger charge is 2.18. The van der Waals surface area contributed by atoms with E-state index < -0.39 is 9.84 Å². The van der Waals surface area contributed by atoms with Crippen LogP contribution in [0.3, 0.4) is 0 Å². The molecule has 0 bridgehead atoms. The minimum absolute atomic E-state index is 0.0252. The van der Waals surface area contributed by atoms with Crippen LogP contribution < -0.4 is 5.32 Å². The summed E-state index contributed by atoms with van der Waals surface area (Å²) in [7, 11) is -3.32. The lowest BCUT2D eigenvalue weighted by molar-refractivity contribution is -0.121. The zero-order valence-electron chi connectivity index (χ0n) is 12.3. The molecule has 1 unspecified atom stereocenters. The lowest BCUT2D eigenvalue weighted by Gasteiger charge is -2.11. The summed E-state index contributed by atoms with van der Waals surface area (Å²) in [4.78, 5) is 11.7. The number of carbonyl (C=O) groups is 1. The van der Waals surface area contributed by atoms with Crippen molar-refractivity contribution in [1.82, 2.24) is 5.32 Å². The summed E-state index contributed by atoms with van der Waals surface area (Å²) in [6.07, 6.45) is 1.99. The predicted octanol–water partition coefficient (Wildman–Crippen LogP) is 1.94. The Morgan fingerprint density at radius 2 is 2.05 bits per heavy atom. The van der Waals surface area contributed by atoms with Crippen molar-refractivity contribution in [2.75, 3.05) is 18.9 Å². The molecule has 0 radical (unpaired) electrons. The Morgan fingerprint density at radius 1 is 1.32 bits per heavy atom. The smallest absolute Gasteiger partial charge is 0.221 e. The van der Waals surface area contributed by atoms with Gasteiger partial charge in [-0.1, -0.05) is 23.7 Å². The lowest BCUT2D eigenvalue weighted by Crippen LogP contribution is -2.32. The standard InChI is InChI=1S/C15H20ClNO4S/c16-13-5-3-12(4-6-13)11-22(19,20)9-7-15(18)17-10-14-2-1-8-21-14/h3-6,14H,1-2,7-11H2,(H,17,18). The second-order valence-corrected chi connectivity index (χ2v) is 8.03. The van der Waals surface area contributed by atoms with E-state index in [4.69, 9.17) is 16.3 Å². The molecule has 0 spiro atoms. The van der Waals surface area contributed by atoms with Gasteiger partial charge in [-0.15, -0.1) is 0 Å². The molecule has 0 aliphatic carbocycles. The van der Waals surface area contributed by atoms with Crippen molar-refractivity contribution in [1.29, 1.82) is 0 Å². The molecule has 7 heteroatoms. The monoisotopic (exact) mass is 345 g/mol. The number of nitrogens with one attached hydrogen (secondary N) is 1. The first-order valence-electron chi connectivity index (χ1n) is 7.28. The van der Waals surface area contributed by atoms with E-state index in [1.807, 2.05) is 0 Å². The molecule has 1 heterocycles. The molecule has 0 saturated carbocycles. The number of amides is 1. The molecule has 122 valence electrons. The van der Waals surface area contributed by atoms with Gasteiger partial charge in [-0.05, 0) is 30.5 Å². The molecular weight excluding hydrogens is 326 g/mol. The molecule has 2 rings (SSSR count). The molecule has 1 saturated heterocycles. The van der Waals surface area contributed by atoms with Crippen LogP contribution in [0.15, 0.2) is 24.3 Å². The fraction of sp³-hybridized carbons (Fsp3) is 0.533. The van der Waals surface area contributed by atoms with Crippen LogP contribution in [0.4, 0.5) is 0 Å². The van der Waals surface area contributed by atoms with Crippen molar-refractivity contribution in [3.63, 3.8) is 0 Å². The van der Waals surface area contributed by atoms with E-state index >= 15 is 0 Å². The number of hydrogen-bond acceptors (Lipinski definition) is 4. The van der Waals surface area contributed by atoms with Crippen LogP contribution in [0.2, 0.25) is 5.02 Å². The van der Waals surface area contributed by atoms with E-state index in [1.165, 1.54) is 0 Å². The maximum absolute atomic E-state index is 12.0. The van der Waals surface area contributed by atoms with Crippen molar-refractivity contribution in [3.05, 3.63) is 34.9 Å². The minimum atomic E-state index is -3.32. The van der Waals surface area contributed by atoms with E-state index in [0.717, 1.165) is 19.4 Å².